The van der Waals surface area contributed by atoms with Gasteiger partial charge >= 0.3 is 0 Å². The van der Waals surface area contributed by atoms with E-state index in [9.17, 15) is 0 Å². The molecule has 0 aliphatic heterocycles. The molecule has 0 unspecified atom stereocenters. The molecule has 2 aromatic carbocycles. The van der Waals surface area contributed by atoms with E-state index in [1.165, 1.54) is 11.3 Å². The van der Waals surface area contributed by atoms with Crippen molar-refractivity contribution in [2.45, 2.75) is 20.3 Å². The first kappa shape index (κ1) is 14.9. The molecule has 0 bridgehead atoms. The number of rotatable bonds is 5. The van der Waals surface area contributed by atoms with Gasteiger partial charge in [-0.2, -0.15) is 0 Å². The lowest BCUT2D eigenvalue weighted by Gasteiger charge is -2.28. The largest absolute Gasteiger partial charge is 0.341 e. The molecule has 2 nitrogen and oxygen atoms in total. The first-order valence-corrected chi connectivity index (χ1v) is 7.37. The topological polar surface area (TPSA) is 29.3 Å². The lowest BCUT2D eigenvalue weighted by molar-refractivity contribution is 0.940. The normalized spacial score (nSPS) is 10.6. The molecule has 0 saturated heterocycles. The van der Waals surface area contributed by atoms with Crippen molar-refractivity contribution in [1.82, 2.24) is 0 Å². The molecule has 3 heteroatoms. The van der Waals surface area contributed by atoms with Crippen LogP contribution in [0.5, 0.6) is 0 Å². The van der Waals surface area contributed by atoms with E-state index in [0.717, 1.165) is 29.2 Å². The molecule has 20 heavy (non-hydrogen) atoms. The fourth-order valence-electron chi connectivity index (χ4n) is 2.53. The van der Waals surface area contributed by atoms with Crippen LogP contribution in [0.2, 0.25) is 5.02 Å². The maximum atomic E-state index is 6.35. The molecule has 106 valence electrons. The Balaban J connectivity index is 2.53. The number of nitrogens with two attached hydrogens (primary N) is 1. The second-order valence-corrected chi connectivity index (χ2v) is 5.21. The summed E-state index contributed by atoms with van der Waals surface area (Å²) in [4.78, 5) is 2.30. The van der Waals surface area contributed by atoms with Gasteiger partial charge in [0.15, 0.2) is 0 Å². The fourth-order valence-corrected chi connectivity index (χ4v) is 2.79. The zero-order valence-electron chi connectivity index (χ0n) is 12.1. The van der Waals surface area contributed by atoms with Gasteiger partial charge in [-0.05, 0) is 56.1 Å². The number of hydrogen-bond acceptors (Lipinski definition) is 2. The molecule has 0 atom stereocenters. The molecule has 2 N–H and O–H groups in total. The van der Waals surface area contributed by atoms with Crippen LogP contribution < -0.4 is 10.6 Å². The second-order valence-electron chi connectivity index (χ2n) is 4.81. The van der Waals surface area contributed by atoms with E-state index in [1.807, 2.05) is 12.1 Å². The Bertz CT molecular complexity index is 581. The molecule has 0 aliphatic carbocycles. The van der Waals surface area contributed by atoms with E-state index in [0.29, 0.717) is 6.54 Å². The van der Waals surface area contributed by atoms with Crippen molar-refractivity contribution in [3.8, 4) is 0 Å². The van der Waals surface area contributed by atoms with Gasteiger partial charge < -0.3 is 10.6 Å². The average Bonchev–Trinajstić information content (AvgIpc) is 2.45. The van der Waals surface area contributed by atoms with Crippen LogP contribution in [-0.4, -0.2) is 13.1 Å². The number of para-hydroxylation sites is 1. The SMILES string of the molecule is CCN(c1ccccc1C)c1cccc(Cl)c1CCN. The van der Waals surface area contributed by atoms with Crippen LogP contribution in [0.4, 0.5) is 11.4 Å². The van der Waals surface area contributed by atoms with Crippen LogP contribution in [-0.2, 0) is 6.42 Å². The van der Waals surface area contributed by atoms with Crippen molar-refractivity contribution >= 4 is 23.0 Å². The molecule has 0 spiro atoms. The molecule has 0 aromatic heterocycles. The summed E-state index contributed by atoms with van der Waals surface area (Å²) in [5, 5.41) is 0.792. The minimum Gasteiger partial charge on any atom is -0.341 e. The smallest absolute Gasteiger partial charge is 0.0459 e. The highest BCUT2D eigenvalue weighted by Gasteiger charge is 2.15. The third kappa shape index (κ3) is 2.97. The van der Waals surface area contributed by atoms with Gasteiger partial charge in [0.2, 0.25) is 0 Å². The van der Waals surface area contributed by atoms with Crippen LogP contribution in [0.3, 0.4) is 0 Å². The van der Waals surface area contributed by atoms with E-state index in [4.69, 9.17) is 17.3 Å². The summed E-state index contributed by atoms with van der Waals surface area (Å²) in [6, 6.07) is 14.5. The third-order valence-corrected chi connectivity index (χ3v) is 3.86. The summed E-state index contributed by atoms with van der Waals surface area (Å²) in [5.41, 5.74) is 10.5. The predicted molar refractivity (Wildman–Crippen MR) is 88.1 cm³/mol. The second kappa shape index (κ2) is 6.78. The van der Waals surface area contributed by atoms with Gasteiger partial charge in [-0.25, -0.2) is 0 Å². The van der Waals surface area contributed by atoms with Crippen LogP contribution in [0.25, 0.3) is 0 Å². The van der Waals surface area contributed by atoms with Gasteiger partial charge in [-0.15, -0.1) is 0 Å². The van der Waals surface area contributed by atoms with Gasteiger partial charge in [0.05, 0.1) is 0 Å². The Hall–Kier alpha value is -1.51. The Morgan fingerprint density at radius 2 is 1.75 bits per heavy atom. The zero-order chi connectivity index (χ0) is 14.5. The van der Waals surface area contributed by atoms with Crippen molar-refractivity contribution in [1.29, 1.82) is 0 Å². The van der Waals surface area contributed by atoms with Crippen molar-refractivity contribution in [3.05, 3.63) is 58.6 Å². The standard InChI is InChI=1S/C17H21ClN2/c1-3-20(16-9-5-4-7-13(16)2)17-10-6-8-15(18)14(17)11-12-19/h4-10H,3,11-12,19H2,1-2H3. The van der Waals surface area contributed by atoms with Crippen molar-refractivity contribution in [3.63, 3.8) is 0 Å². The van der Waals surface area contributed by atoms with Crippen LogP contribution >= 0.6 is 11.6 Å². The number of hydrogen-bond donors (Lipinski definition) is 1. The monoisotopic (exact) mass is 288 g/mol. The van der Waals surface area contributed by atoms with E-state index in [-0.39, 0.29) is 0 Å². The third-order valence-electron chi connectivity index (χ3n) is 3.50. The Labute approximate surface area is 126 Å². The van der Waals surface area contributed by atoms with Crippen molar-refractivity contribution < 1.29 is 0 Å². The lowest BCUT2D eigenvalue weighted by Crippen LogP contribution is -2.19. The molecule has 0 fully saturated rings. The van der Waals surface area contributed by atoms with E-state index < -0.39 is 0 Å². The first-order chi connectivity index (χ1) is 9.69. The number of benzene rings is 2. The molecular formula is C17H21ClN2. The summed E-state index contributed by atoms with van der Waals surface area (Å²) in [7, 11) is 0. The summed E-state index contributed by atoms with van der Waals surface area (Å²) >= 11 is 6.35. The highest BCUT2D eigenvalue weighted by Crippen LogP contribution is 2.34. The fraction of sp³-hybridized carbons (Fsp3) is 0.294. The summed E-state index contributed by atoms with van der Waals surface area (Å²) < 4.78 is 0. The van der Waals surface area contributed by atoms with Gasteiger partial charge in [0.1, 0.15) is 0 Å². The first-order valence-electron chi connectivity index (χ1n) is 6.99. The van der Waals surface area contributed by atoms with E-state index >= 15 is 0 Å². The van der Waals surface area contributed by atoms with Crippen molar-refractivity contribution in [2.24, 2.45) is 5.73 Å². The number of nitrogens with zero attached hydrogens (tertiary/aromatic N) is 1. The Kier molecular flexibility index (Phi) is 5.05. The summed E-state index contributed by atoms with van der Waals surface area (Å²) in [5.74, 6) is 0. The van der Waals surface area contributed by atoms with Gasteiger partial charge in [-0.1, -0.05) is 35.9 Å². The molecule has 2 aromatic rings. The summed E-state index contributed by atoms with van der Waals surface area (Å²) in [6.07, 6.45) is 0.789. The van der Waals surface area contributed by atoms with Crippen LogP contribution in [0.15, 0.2) is 42.5 Å². The van der Waals surface area contributed by atoms with Crippen molar-refractivity contribution in [2.75, 3.05) is 18.0 Å². The molecule has 0 radical (unpaired) electrons. The number of anilines is 2. The Morgan fingerprint density at radius 1 is 1.05 bits per heavy atom. The average molecular weight is 289 g/mol. The maximum Gasteiger partial charge on any atom is 0.0459 e. The quantitative estimate of drug-likeness (QED) is 0.888. The highest BCUT2D eigenvalue weighted by molar-refractivity contribution is 6.31. The highest BCUT2D eigenvalue weighted by atomic mass is 35.5. The Morgan fingerprint density at radius 3 is 2.40 bits per heavy atom. The van der Waals surface area contributed by atoms with Gasteiger partial charge in [0.25, 0.3) is 0 Å². The van der Waals surface area contributed by atoms with E-state index in [2.05, 4.69) is 49.1 Å². The number of aryl methyl sites for hydroxylation is 1. The predicted octanol–water partition coefficient (Wildman–Crippen LogP) is 4.31. The van der Waals surface area contributed by atoms with Gasteiger partial charge in [-0.3, -0.25) is 0 Å². The zero-order valence-corrected chi connectivity index (χ0v) is 12.8. The van der Waals surface area contributed by atoms with E-state index in [1.54, 1.807) is 0 Å². The molecule has 0 heterocycles. The van der Waals surface area contributed by atoms with Crippen LogP contribution in [0.1, 0.15) is 18.1 Å². The maximum absolute atomic E-state index is 6.35. The minimum absolute atomic E-state index is 0.599. The summed E-state index contributed by atoms with van der Waals surface area (Å²) in [6.45, 7) is 5.77. The lowest BCUT2D eigenvalue weighted by atomic mass is 10.1. The van der Waals surface area contributed by atoms with Crippen LogP contribution in [0, 0.1) is 6.92 Å². The number of halogens is 1. The molecule has 2 rings (SSSR count). The minimum atomic E-state index is 0.599. The molecule has 0 aliphatic rings. The molecule has 0 amide bonds. The molecular weight excluding hydrogens is 268 g/mol. The van der Waals surface area contributed by atoms with Gasteiger partial charge in [0, 0.05) is 22.9 Å². The molecule has 0 saturated carbocycles.